The van der Waals surface area contributed by atoms with Gasteiger partial charge in [-0.05, 0) is 41.5 Å². The summed E-state index contributed by atoms with van der Waals surface area (Å²) in [5, 5.41) is 0. The zero-order chi connectivity index (χ0) is 11.5. The molecule has 2 aromatic rings. The van der Waals surface area contributed by atoms with Gasteiger partial charge >= 0.3 is 0 Å². The number of fused-ring (bicyclic) bond motifs is 1. The van der Waals surface area contributed by atoms with E-state index in [1.807, 2.05) is 0 Å². The van der Waals surface area contributed by atoms with E-state index in [4.69, 9.17) is 0 Å². The minimum absolute atomic E-state index is 1.05. The number of allylic oxidation sites excluding steroid dienone is 2. The first-order valence-corrected chi connectivity index (χ1v) is 6.25. The second-order valence-corrected chi connectivity index (χ2v) is 4.59. The van der Waals surface area contributed by atoms with Gasteiger partial charge in [0.15, 0.2) is 0 Å². The van der Waals surface area contributed by atoms with Gasteiger partial charge in [0.2, 0.25) is 0 Å². The van der Waals surface area contributed by atoms with E-state index < -0.39 is 0 Å². The van der Waals surface area contributed by atoms with Gasteiger partial charge in [0.25, 0.3) is 0 Å². The Bertz CT molecular complexity index is 535. The van der Waals surface area contributed by atoms with Crippen LogP contribution < -0.4 is 0 Å². The first-order valence-electron chi connectivity index (χ1n) is 6.25. The van der Waals surface area contributed by atoms with Crippen molar-refractivity contribution in [1.82, 2.24) is 0 Å². The van der Waals surface area contributed by atoms with Gasteiger partial charge in [-0.1, -0.05) is 60.7 Å². The first kappa shape index (κ1) is 10.3. The van der Waals surface area contributed by atoms with Crippen molar-refractivity contribution < 1.29 is 0 Å². The average Bonchev–Trinajstić information content (AvgIpc) is 2.40. The summed E-state index contributed by atoms with van der Waals surface area (Å²) in [7, 11) is 0. The third-order valence-corrected chi connectivity index (χ3v) is 3.41. The van der Waals surface area contributed by atoms with E-state index in [1.54, 1.807) is 0 Å². The molecular formula is C17H16. The molecule has 0 unspecified atom stereocenters. The molecule has 0 aliphatic heterocycles. The smallest absolute Gasteiger partial charge is 0.00229 e. The van der Waals surface area contributed by atoms with Crippen molar-refractivity contribution in [3.8, 4) is 0 Å². The van der Waals surface area contributed by atoms with Crippen LogP contribution in [0, 0.1) is 0 Å². The molecule has 0 spiro atoms. The molecule has 0 saturated carbocycles. The molecule has 0 N–H and O–H groups in total. The fourth-order valence-corrected chi connectivity index (χ4v) is 2.55. The zero-order valence-corrected chi connectivity index (χ0v) is 9.89. The molecule has 0 nitrogen and oxygen atoms in total. The summed E-state index contributed by atoms with van der Waals surface area (Å²) in [6.45, 7) is 0. The lowest BCUT2D eigenvalue weighted by atomic mass is 9.87. The monoisotopic (exact) mass is 220 g/mol. The first-order chi connectivity index (χ1) is 8.43. The van der Waals surface area contributed by atoms with Crippen molar-refractivity contribution in [3.63, 3.8) is 0 Å². The third-order valence-electron chi connectivity index (χ3n) is 3.41. The molecule has 0 bridgehead atoms. The Morgan fingerprint density at radius 3 is 2.47 bits per heavy atom. The molecule has 0 heterocycles. The fraction of sp³-hybridized carbons (Fsp3) is 0.176. The Kier molecular flexibility index (Phi) is 2.79. The van der Waals surface area contributed by atoms with Crippen molar-refractivity contribution in [2.45, 2.75) is 19.3 Å². The van der Waals surface area contributed by atoms with Gasteiger partial charge < -0.3 is 0 Å². The molecule has 17 heavy (non-hydrogen) atoms. The van der Waals surface area contributed by atoms with E-state index in [0.29, 0.717) is 0 Å². The van der Waals surface area contributed by atoms with Crippen LogP contribution in [0.1, 0.15) is 23.1 Å². The van der Waals surface area contributed by atoms with E-state index in [0.717, 1.165) is 6.42 Å². The van der Waals surface area contributed by atoms with Gasteiger partial charge in [0.1, 0.15) is 0 Å². The predicted molar refractivity (Wildman–Crippen MR) is 72.9 cm³/mol. The minimum Gasteiger partial charge on any atom is -0.0800 e. The Labute approximate surface area is 103 Å². The maximum atomic E-state index is 2.40. The van der Waals surface area contributed by atoms with Crippen LogP contribution in [0.5, 0.6) is 0 Å². The van der Waals surface area contributed by atoms with Gasteiger partial charge in [-0.25, -0.2) is 0 Å². The fourth-order valence-electron chi connectivity index (χ4n) is 2.55. The van der Waals surface area contributed by atoms with Crippen molar-refractivity contribution >= 4 is 5.57 Å². The highest BCUT2D eigenvalue weighted by Crippen LogP contribution is 2.28. The molecule has 0 heteroatoms. The summed E-state index contributed by atoms with van der Waals surface area (Å²) in [6.07, 6.45) is 5.82. The highest BCUT2D eigenvalue weighted by atomic mass is 14.2. The number of benzene rings is 2. The van der Waals surface area contributed by atoms with Crippen LogP contribution >= 0.6 is 0 Å². The average molecular weight is 220 g/mol. The topological polar surface area (TPSA) is 0 Å². The SMILES string of the molecule is C1=C(Cc2ccccc2)c2ccccc2CC1. The van der Waals surface area contributed by atoms with Crippen LogP contribution in [0.4, 0.5) is 0 Å². The largest absolute Gasteiger partial charge is 0.0800 e. The Balaban J connectivity index is 1.92. The molecule has 0 fully saturated rings. The van der Waals surface area contributed by atoms with E-state index in [2.05, 4.69) is 60.7 Å². The highest BCUT2D eigenvalue weighted by molar-refractivity contribution is 5.71. The number of aryl methyl sites for hydroxylation is 1. The maximum absolute atomic E-state index is 2.40. The van der Waals surface area contributed by atoms with Crippen LogP contribution in [0.15, 0.2) is 60.7 Å². The van der Waals surface area contributed by atoms with Crippen molar-refractivity contribution in [2.75, 3.05) is 0 Å². The standard InChI is InChI=1S/C17H16/c1-2-7-14(8-3-1)13-16-11-6-10-15-9-4-5-12-17(15)16/h1-5,7-9,11-12H,6,10,13H2. The Morgan fingerprint density at radius 1 is 0.824 bits per heavy atom. The summed E-state index contributed by atoms with van der Waals surface area (Å²) in [5.41, 5.74) is 5.83. The van der Waals surface area contributed by atoms with Crippen molar-refractivity contribution in [3.05, 3.63) is 77.4 Å². The molecule has 0 atom stereocenters. The molecule has 84 valence electrons. The molecule has 0 radical (unpaired) electrons. The molecular weight excluding hydrogens is 204 g/mol. The minimum atomic E-state index is 1.05. The summed E-state index contributed by atoms with van der Waals surface area (Å²) < 4.78 is 0. The Hall–Kier alpha value is -1.82. The van der Waals surface area contributed by atoms with Gasteiger partial charge in [0.05, 0.1) is 0 Å². The van der Waals surface area contributed by atoms with Crippen LogP contribution in [-0.4, -0.2) is 0 Å². The summed E-state index contributed by atoms with van der Waals surface area (Å²) in [6, 6.07) is 19.5. The normalized spacial score (nSPS) is 14.0. The number of hydrogen-bond donors (Lipinski definition) is 0. The second kappa shape index (κ2) is 4.58. The molecule has 3 rings (SSSR count). The highest BCUT2D eigenvalue weighted by Gasteiger charge is 2.11. The van der Waals surface area contributed by atoms with E-state index in [1.165, 1.54) is 35.1 Å². The molecule has 1 aliphatic carbocycles. The predicted octanol–water partition coefficient (Wildman–Crippen LogP) is 4.26. The van der Waals surface area contributed by atoms with Crippen LogP contribution in [0.25, 0.3) is 5.57 Å². The summed E-state index contributed by atoms with van der Waals surface area (Å²) in [4.78, 5) is 0. The van der Waals surface area contributed by atoms with E-state index >= 15 is 0 Å². The van der Waals surface area contributed by atoms with Gasteiger partial charge in [0, 0.05) is 0 Å². The van der Waals surface area contributed by atoms with Gasteiger partial charge in [-0.2, -0.15) is 0 Å². The zero-order valence-electron chi connectivity index (χ0n) is 9.89. The van der Waals surface area contributed by atoms with E-state index in [9.17, 15) is 0 Å². The van der Waals surface area contributed by atoms with Crippen LogP contribution in [-0.2, 0) is 12.8 Å². The van der Waals surface area contributed by atoms with Crippen molar-refractivity contribution in [2.24, 2.45) is 0 Å². The molecule has 0 amide bonds. The maximum Gasteiger partial charge on any atom is -0.00229 e. The molecule has 2 aromatic carbocycles. The Morgan fingerprint density at radius 2 is 1.59 bits per heavy atom. The quantitative estimate of drug-likeness (QED) is 0.709. The van der Waals surface area contributed by atoms with E-state index in [-0.39, 0.29) is 0 Å². The number of rotatable bonds is 2. The number of hydrogen-bond acceptors (Lipinski definition) is 0. The lowest BCUT2D eigenvalue weighted by molar-refractivity contribution is 0.966. The van der Waals surface area contributed by atoms with Crippen molar-refractivity contribution in [1.29, 1.82) is 0 Å². The second-order valence-electron chi connectivity index (χ2n) is 4.59. The molecule has 1 aliphatic rings. The summed E-state index contributed by atoms with van der Waals surface area (Å²) in [5.74, 6) is 0. The lowest BCUT2D eigenvalue weighted by Crippen LogP contribution is -2.01. The lowest BCUT2D eigenvalue weighted by Gasteiger charge is -2.17. The third kappa shape index (κ3) is 2.16. The van der Waals surface area contributed by atoms with Gasteiger partial charge in [-0.3, -0.25) is 0 Å². The van der Waals surface area contributed by atoms with Crippen LogP contribution in [0.2, 0.25) is 0 Å². The van der Waals surface area contributed by atoms with Crippen LogP contribution in [0.3, 0.4) is 0 Å². The molecule has 0 saturated heterocycles. The summed E-state index contributed by atoms with van der Waals surface area (Å²) >= 11 is 0. The molecule has 0 aromatic heterocycles. The van der Waals surface area contributed by atoms with Gasteiger partial charge in [-0.15, -0.1) is 0 Å².